The van der Waals surface area contributed by atoms with Crippen LogP contribution in [0.15, 0.2) is 36.4 Å². The minimum atomic E-state index is -0.731. The summed E-state index contributed by atoms with van der Waals surface area (Å²) in [5.41, 5.74) is 2.75. The van der Waals surface area contributed by atoms with E-state index in [1.807, 2.05) is 0 Å². The Labute approximate surface area is 177 Å². The van der Waals surface area contributed by atoms with Crippen LogP contribution >= 0.6 is 0 Å². The number of aromatic nitrogens is 2. The molecule has 0 aliphatic carbocycles. The average molecular weight is 473 g/mol. The summed E-state index contributed by atoms with van der Waals surface area (Å²) >= 11 is -0.731. The molecule has 27 heavy (non-hydrogen) atoms. The van der Waals surface area contributed by atoms with Crippen molar-refractivity contribution in [1.82, 2.24) is 9.78 Å². The van der Waals surface area contributed by atoms with Gasteiger partial charge in [-0.2, -0.15) is 0 Å². The molecule has 2 radical (unpaired) electrons. The Hall–Kier alpha value is -0.771. The van der Waals surface area contributed by atoms with Crippen molar-refractivity contribution in [2.75, 3.05) is 0 Å². The van der Waals surface area contributed by atoms with E-state index in [0.29, 0.717) is 3.43 Å². The van der Waals surface area contributed by atoms with Gasteiger partial charge in [0.25, 0.3) is 0 Å². The van der Waals surface area contributed by atoms with Crippen molar-refractivity contribution >= 4 is 24.9 Å². The third-order valence-corrected chi connectivity index (χ3v) is 10.7. The first-order valence-electron chi connectivity index (χ1n) is 11.0. The molecule has 0 N–H and O–H groups in total. The number of aryl methyl sites for hydroxylation is 1. The summed E-state index contributed by atoms with van der Waals surface area (Å²) in [5, 5.41) is 5.01. The first kappa shape index (κ1) is 22.5. The first-order valence-corrected chi connectivity index (χ1v) is 13.8. The number of nitrogens with zero attached hydrogens (tertiary/aromatic N) is 2. The van der Waals surface area contributed by atoms with Crippen LogP contribution in [0.25, 0.3) is 0 Å². The van der Waals surface area contributed by atoms with Gasteiger partial charge in [-0.3, -0.25) is 0 Å². The predicted molar refractivity (Wildman–Crippen MR) is 119 cm³/mol. The topological polar surface area (TPSA) is 17.8 Å². The van der Waals surface area contributed by atoms with Crippen molar-refractivity contribution in [3.63, 3.8) is 0 Å². The van der Waals surface area contributed by atoms with Gasteiger partial charge in [-0.25, -0.2) is 0 Å². The summed E-state index contributed by atoms with van der Waals surface area (Å²) in [5.74, 6) is 0. The molecule has 1 aromatic carbocycles. The van der Waals surface area contributed by atoms with Gasteiger partial charge in [-0.05, 0) is 0 Å². The van der Waals surface area contributed by atoms with Gasteiger partial charge in [-0.1, -0.05) is 0 Å². The quantitative estimate of drug-likeness (QED) is 0.323. The van der Waals surface area contributed by atoms with E-state index in [2.05, 4.69) is 68.9 Å². The Morgan fingerprint density at radius 2 is 1.44 bits per heavy atom. The first-order chi connectivity index (χ1) is 13.1. The van der Waals surface area contributed by atoms with Gasteiger partial charge in [-0.15, -0.1) is 0 Å². The molecule has 0 bridgehead atoms. The fraction of sp³-hybridized carbons (Fsp3) is 0.625. The zero-order chi connectivity index (χ0) is 19.5. The maximum atomic E-state index is 5.01. The van der Waals surface area contributed by atoms with Gasteiger partial charge < -0.3 is 0 Å². The Balaban J connectivity index is 2.18. The van der Waals surface area contributed by atoms with E-state index in [9.17, 15) is 0 Å². The summed E-state index contributed by atoms with van der Waals surface area (Å²) in [4.78, 5) is 0. The summed E-state index contributed by atoms with van der Waals surface area (Å²) in [6.45, 7) is 7.02. The minimum absolute atomic E-state index is 0.615. The van der Waals surface area contributed by atoms with Crippen LogP contribution in [-0.2, 0) is 13.5 Å². The SMILES string of the molecule is CCCC[C](CCCC)(CCCC)[Sn][c]1cc(Cc2ccccc2)n(C)n1. The van der Waals surface area contributed by atoms with Crippen LogP contribution in [-0.4, -0.2) is 30.9 Å². The third kappa shape index (κ3) is 7.28. The monoisotopic (exact) mass is 474 g/mol. The Bertz CT molecular complexity index is 626. The van der Waals surface area contributed by atoms with E-state index in [1.54, 1.807) is 0 Å². The molecule has 0 saturated carbocycles. The molecular weight excluding hydrogens is 435 g/mol. The molecule has 2 nitrogen and oxygen atoms in total. The van der Waals surface area contributed by atoms with Crippen molar-refractivity contribution in [3.8, 4) is 0 Å². The van der Waals surface area contributed by atoms with Gasteiger partial charge in [0.15, 0.2) is 0 Å². The van der Waals surface area contributed by atoms with Crippen LogP contribution in [0.2, 0.25) is 3.43 Å². The molecule has 0 spiro atoms. The number of unbranched alkanes of at least 4 members (excludes halogenated alkanes) is 3. The molecule has 2 rings (SSSR count). The third-order valence-electron chi connectivity index (χ3n) is 5.62. The number of hydrogen-bond donors (Lipinski definition) is 0. The van der Waals surface area contributed by atoms with Crippen LogP contribution in [0.1, 0.15) is 89.8 Å². The van der Waals surface area contributed by atoms with Crippen LogP contribution in [0, 0.1) is 0 Å². The maximum absolute atomic E-state index is 5.01. The summed E-state index contributed by atoms with van der Waals surface area (Å²) in [7, 11) is 2.13. The molecule has 2 aromatic rings. The van der Waals surface area contributed by atoms with Crippen molar-refractivity contribution in [3.05, 3.63) is 47.7 Å². The summed E-state index contributed by atoms with van der Waals surface area (Å²) in [6, 6.07) is 13.2. The number of benzene rings is 1. The van der Waals surface area contributed by atoms with Crippen LogP contribution in [0.5, 0.6) is 0 Å². The van der Waals surface area contributed by atoms with Gasteiger partial charge in [0.2, 0.25) is 0 Å². The van der Waals surface area contributed by atoms with Crippen LogP contribution < -0.4 is 3.71 Å². The molecule has 0 aliphatic heterocycles. The molecule has 0 atom stereocenters. The van der Waals surface area contributed by atoms with E-state index < -0.39 is 21.1 Å². The fourth-order valence-corrected chi connectivity index (χ4v) is 9.30. The standard InChI is InChI=1S/C13H27.C11H11N2.Sn/c1-4-7-10-13(11-8-5-2)12-9-6-3;1-13-11(7-8-12-13)9-10-5-3-2-4-6-10;/h4-12H2,1-3H3;2-7H,9H2,1H3;. The fourth-order valence-electron chi connectivity index (χ4n) is 3.92. The van der Waals surface area contributed by atoms with Crippen molar-refractivity contribution in [1.29, 1.82) is 0 Å². The van der Waals surface area contributed by atoms with Crippen LogP contribution in [0.3, 0.4) is 0 Å². The molecule has 0 fully saturated rings. The normalized spacial score (nSPS) is 11.9. The number of rotatable bonds is 13. The predicted octanol–water partition coefficient (Wildman–Crippen LogP) is 6.07. The molecule has 0 amide bonds. The molecular formula is C24H38N2Sn. The van der Waals surface area contributed by atoms with E-state index in [-0.39, 0.29) is 0 Å². The molecule has 0 aliphatic rings. The second kappa shape index (κ2) is 11.9. The van der Waals surface area contributed by atoms with E-state index in [4.69, 9.17) is 5.10 Å². The average Bonchev–Trinajstić information content (AvgIpc) is 3.02. The number of hydrogen-bond acceptors (Lipinski definition) is 1. The molecule has 0 unspecified atom stereocenters. The Morgan fingerprint density at radius 1 is 0.889 bits per heavy atom. The van der Waals surface area contributed by atoms with Gasteiger partial charge in [0.05, 0.1) is 0 Å². The molecule has 1 heterocycles. The second-order valence-corrected chi connectivity index (χ2v) is 13.2. The summed E-state index contributed by atoms with van der Waals surface area (Å²) in [6.07, 6.45) is 13.4. The van der Waals surface area contributed by atoms with Gasteiger partial charge in [0.1, 0.15) is 0 Å². The van der Waals surface area contributed by atoms with Gasteiger partial charge in [0, 0.05) is 0 Å². The molecule has 148 valence electrons. The van der Waals surface area contributed by atoms with E-state index in [0.717, 1.165) is 6.42 Å². The van der Waals surface area contributed by atoms with E-state index in [1.165, 1.54) is 72.8 Å². The zero-order valence-electron chi connectivity index (χ0n) is 17.9. The molecule has 1 aromatic heterocycles. The Morgan fingerprint density at radius 3 is 1.96 bits per heavy atom. The molecule has 3 heteroatoms. The van der Waals surface area contributed by atoms with Crippen molar-refractivity contribution < 1.29 is 0 Å². The summed E-state index contributed by atoms with van der Waals surface area (Å²) < 4.78 is 4.23. The van der Waals surface area contributed by atoms with E-state index >= 15 is 0 Å². The zero-order valence-corrected chi connectivity index (χ0v) is 20.8. The molecule has 0 saturated heterocycles. The van der Waals surface area contributed by atoms with Crippen molar-refractivity contribution in [2.24, 2.45) is 7.05 Å². The second-order valence-electron chi connectivity index (χ2n) is 8.02. The van der Waals surface area contributed by atoms with Crippen LogP contribution in [0.4, 0.5) is 0 Å². The van der Waals surface area contributed by atoms with Gasteiger partial charge >= 0.3 is 178 Å². The van der Waals surface area contributed by atoms with Crippen molar-refractivity contribution in [2.45, 2.75) is 88.4 Å². The Kier molecular flexibility index (Phi) is 9.95.